The second kappa shape index (κ2) is 21.1. The van der Waals surface area contributed by atoms with Crippen LogP contribution in [-0.2, 0) is 21.7 Å². The molecule has 0 aromatic heterocycles. The predicted octanol–water partition coefficient (Wildman–Crippen LogP) is 23.7. The average Bonchev–Trinajstić information content (AvgIpc) is 1.56. The van der Waals surface area contributed by atoms with Crippen LogP contribution in [0.5, 0.6) is 0 Å². The van der Waals surface area contributed by atoms with Crippen LogP contribution in [0.2, 0.25) is 0 Å². The van der Waals surface area contributed by atoms with Gasteiger partial charge in [-0.05, 0) is 171 Å². The lowest BCUT2D eigenvalue weighted by molar-refractivity contribution is 0.590. The summed E-state index contributed by atoms with van der Waals surface area (Å²) >= 11 is 0. The van der Waals surface area contributed by atoms with Crippen molar-refractivity contribution in [3.63, 3.8) is 0 Å². The highest BCUT2D eigenvalue weighted by molar-refractivity contribution is 6.28. The van der Waals surface area contributed by atoms with Crippen LogP contribution >= 0.6 is 0 Å². The Morgan fingerprint density at radius 3 is 0.810 bits per heavy atom. The minimum Gasteiger partial charge on any atom is -0.307 e. The molecule has 12 aromatic carbocycles. The van der Waals surface area contributed by atoms with E-state index < -0.39 is 0 Å². The number of anilines is 6. The molecule has 0 saturated carbocycles. The molecule has 0 bridgehead atoms. The van der Waals surface area contributed by atoms with Crippen molar-refractivity contribution in [3.05, 3.63) is 264 Å². The smallest absolute Gasteiger partial charge is 0.147 e. The molecule has 0 heterocycles. The van der Waals surface area contributed by atoms with Crippen molar-refractivity contribution in [2.75, 3.05) is 9.80 Å². The molecular weight excluding hydrogens is 1030 g/mol. The molecule has 4 heteroatoms. The van der Waals surface area contributed by atoms with Crippen LogP contribution in [0.3, 0.4) is 0 Å². The number of benzene rings is 12. The molecule has 418 valence electrons. The van der Waals surface area contributed by atoms with Gasteiger partial charge in [0.1, 0.15) is 11.6 Å². The number of rotatable bonds is 10. The van der Waals surface area contributed by atoms with Crippen molar-refractivity contribution in [2.24, 2.45) is 0 Å². The van der Waals surface area contributed by atoms with Gasteiger partial charge in [0.05, 0.1) is 22.7 Å². The Labute approximate surface area is 496 Å². The summed E-state index contributed by atoms with van der Waals surface area (Å²) in [5.41, 5.74) is 15.8. The van der Waals surface area contributed by atoms with Crippen molar-refractivity contribution >= 4 is 66.4 Å². The maximum absolute atomic E-state index is 18.2. The van der Waals surface area contributed by atoms with E-state index in [0.717, 1.165) is 111 Å². The highest BCUT2D eigenvalue weighted by Crippen LogP contribution is 2.52. The Kier molecular flexibility index (Phi) is 14.0. The molecular formula is C80H74F2N2. The predicted molar refractivity (Wildman–Crippen MR) is 356 cm³/mol. The first-order chi connectivity index (χ1) is 40.1. The number of nitrogens with zero attached hydrogens (tertiary/aromatic N) is 2. The second-order valence-electron chi connectivity index (χ2n) is 26.8. The summed E-state index contributed by atoms with van der Waals surface area (Å²) in [6.07, 6.45) is 0. The quantitative estimate of drug-likeness (QED) is 0.126. The van der Waals surface area contributed by atoms with E-state index in [1.165, 1.54) is 11.1 Å². The third kappa shape index (κ3) is 10.00. The van der Waals surface area contributed by atoms with E-state index in [1.807, 2.05) is 36.4 Å². The van der Waals surface area contributed by atoms with Gasteiger partial charge in [-0.15, -0.1) is 0 Å². The molecule has 0 fully saturated rings. The van der Waals surface area contributed by atoms with Crippen LogP contribution in [0.1, 0.15) is 105 Å². The Bertz CT molecular complexity index is 4150. The highest BCUT2D eigenvalue weighted by atomic mass is 19.1. The van der Waals surface area contributed by atoms with E-state index in [9.17, 15) is 0 Å². The number of hydrogen-bond acceptors (Lipinski definition) is 2. The third-order valence-electron chi connectivity index (χ3n) is 16.9. The van der Waals surface area contributed by atoms with Crippen LogP contribution in [0.25, 0.3) is 76.8 Å². The fraction of sp³-hybridized carbons (Fsp3) is 0.200. The molecule has 0 radical (unpaired) electrons. The van der Waals surface area contributed by atoms with Crippen LogP contribution in [0.4, 0.5) is 42.9 Å². The Morgan fingerprint density at radius 2 is 0.512 bits per heavy atom. The maximum Gasteiger partial charge on any atom is 0.147 e. The van der Waals surface area contributed by atoms with Crippen molar-refractivity contribution in [1.29, 1.82) is 0 Å². The molecule has 12 rings (SSSR count). The van der Waals surface area contributed by atoms with E-state index in [-0.39, 0.29) is 33.3 Å². The molecule has 0 spiro atoms. The van der Waals surface area contributed by atoms with E-state index in [2.05, 4.69) is 275 Å². The number of halogens is 2. The average molecular weight is 1100 g/mol. The maximum atomic E-state index is 18.2. The monoisotopic (exact) mass is 1100 g/mol. The third-order valence-corrected chi connectivity index (χ3v) is 16.9. The number of hydrogen-bond donors (Lipinski definition) is 0. The van der Waals surface area contributed by atoms with Gasteiger partial charge in [0.25, 0.3) is 0 Å². The van der Waals surface area contributed by atoms with Gasteiger partial charge >= 0.3 is 0 Å². The summed E-state index contributed by atoms with van der Waals surface area (Å²) in [4.78, 5) is 4.21. The summed E-state index contributed by atoms with van der Waals surface area (Å²) in [6, 6.07) is 79.6. The van der Waals surface area contributed by atoms with Gasteiger partial charge in [-0.25, -0.2) is 8.78 Å². The van der Waals surface area contributed by atoms with Gasteiger partial charge < -0.3 is 9.80 Å². The zero-order chi connectivity index (χ0) is 59.0. The first kappa shape index (κ1) is 55.7. The van der Waals surface area contributed by atoms with Gasteiger partial charge in [-0.2, -0.15) is 0 Å². The van der Waals surface area contributed by atoms with Crippen LogP contribution in [0.15, 0.2) is 231 Å². The van der Waals surface area contributed by atoms with Crippen molar-refractivity contribution in [3.8, 4) is 44.5 Å². The minimum atomic E-state index is -0.333. The fourth-order valence-corrected chi connectivity index (χ4v) is 13.0. The van der Waals surface area contributed by atoms with Crippen molar-refractivity contribution in [1.82, 2.24) is 0 Å². The first-order valence-corrected chi connectivity index (χ1v) is 29.6. The molecule has 0 saturated heterocycles. The van der Waals surface area contributed by atoms with E-state index in [0.29, 0.717) is 11.4 Å². The first-order valence-electron chi connectivity index (χ1n) is 29.6. The van der Waals surface area contributed by atoms with E-state index >= 15 is 8.78 Å². The minimum absolute atomic E-state index is 0.207. The van der Waals surface area contributed by atoms with Gasteiger partial charge in [0.2, 0.25) is 0 Å². The van der Waals surface area contributed by atoms with Crippen molar-refractivity contribution in [2.45, 2.75) is 105 Å². The lowest BCUT2D eigenvalue weighted by Crippen LogP contribution is -2.16. The summed E-state index contributed by atoms with van der Waals surface area (Å²) in [5.74, 6) is -0.666. The molecule has 84 heavy (non-hydrogen) atoms. The molecule has 0 unspecified atom stereocenters. The summed E-state index contributed by atoms with van der Waals surface area (Å²) in [5, 5.41) is 6.11. The normalized spacial score (nSPS) is 12.4. The fourth-order valence-electron chi connectivity index (χ4n) is 13.0. The second-order valence-corrected chi connectivity index (χ2v) is 26.8. The molecule has 0 amide bonds. The number of para-hydroxylation sites is 2. The summed E-state index contributed by atoms with van der Waals surface area (Å²) in [7, 11) is 0. The van der Waals surface area contributed by atoms with Crippen LogP contribution < -0.4 is 9.80 Å². The molecule has 0 N–H and O–H groups in total. The zero-order valence-electron chi connectivity index (χ0n) is 50.6. The standard InChI is InChI=1S/C80H74F2N2/c1-77(2,3)65-35-23-19-31-55(65)61-47-69(81)73(49-63(61)57-33-21-25-37-67(57)79(7,8)9)83(53-27-15-13-16-28-53)71-45-41-51-40-44-60-72(46-42-52-39-43-59(71)75(51)76(52)60)84(54-29-17-14-18-30-54)74-50-64(58-34-22-26-38-68(58)80(10,11)12)62(48-70(74)82)56-32-20-24-36-66(56)78(4,5)6/h13-50H,1-12H3. The molecule has 0 atom stereocenters. The Balaban J connectivity index is 1.12. The molecule has 0 aliphatic rings. The van der Waals surface area contributed by atoms with Crippen molar-refractivity contribution < 1.29 is 8.78 Å². The topological polar surface area (TPSA) is 6.48 Å². The summed E-state index contributed by atoms with van der Waals surface area (Å²) in [6.45, 7) is 26.8. The van der Waals surface area contributed by atoms with Crippen LogP contribution in [0, 0.1) is 11.6 Å². The zero-order valence-corrected chi connectivity index (χ0v) is 50.6. The Morgan fingerprint density at radius 1 is 0.250 bits per heavy atom. The largest absolute Gasteiger partial charge is 0.307 e. The highest BCUT2D eigenvalue weighted by Gasteiger charge is 2.31. The molecule has 0 aliphatic heterocycles. The Hall–Kier alpha value is -8.86. The SMILES string of the molecule is CC(C)(C)c1ccccc1-c1cc(F)c(N(c2ccccc2)c2ccc3ccc4c(N(c5ccccc5)c5cc(-c6ccccc6C(C)(C)C)c(-c6ccccc6C(C)(C)C)cc5F)ccc5ccc2c3c54)cc1-c1ccccc1C(C)(C)C. The summed E-state index contributed by atoms with van der Waals surface area (Å²) < 4.78 is 36.5. The van der Waals surface area contributed by atoms with Gasteiger partial charge in [-0.1, -0.05) is 253 Å². The molecule has 12 aromatic rings. The molecule has 0 aliphatic carbocycles. The van der Waals surface area contributed by atoms with E-state index in [4.69, 9.17) is 0 Å². The van der Waals surface area contributed by atoms with Gasteiger partial charge in [0.15, 0.2) is 0 Å². The lowest BCUT2D eigenvalue weighted by atomic mass is 9.77. The van der Waals surface area contributed by atoms with Gasteiger partial charge in [-0.3, -0.25) is 0 Å². The van der Waals surface area contributed by atoms with Gasteiger partial charge in [0, 0.05) is 22.1 Å². The van der Waals surface area contributed by atoms with E-state index in [1.54, 1.807) is 12.1 Å². The molecule has 2 nitrogen and oxygen atoms in total. The lowest BCUT2D eigenvalue weighted by Gasteiger charge is -2.31. The van der Waals surface area contributed by atoms with Crippen LogP contribution in [-0.4, -0.2) is 0 Å².